The highest BCUT2D eigenvalue weighted by Gasteiger charge is 2.12. The van der Waals surface area contributed by atoms with Gasteiger partial charge in [-0.25, -0.2) is 0 Å². The number of benzene rings is 2. The van der Waals surface area contributed by atoms with Crippen molar-refractivity contribution in [3.8, 4) is 11.5 Å². The summed E-state index contributed by atoms with van der Waals surface area (Å²) < 4.78 is 5.83. The van der Waals surface area contributed by atoms with Crippen LogP contribution in [0.2, 0.25) is 0 Å². The first-order chi connectivity index (χ1) is 10.1. The molecule has 0 aliphatic heterocycles. The van der Waals surface area contributed by atoms with Crippen molar-refractivity contribution in [3.05, 3.63) is 53.1 Å². The average Bonchev–Trinajstić information content (AvgIpc) is 2.49. The molecule has 0 radical (unpaired) electrons. The van der Waals surface area contributed by atoms with Gasteiger partial charge in [0, 0.05) is 5.56 Å². The molecular weight excluding hydrogens is 264 g/mol. The van der Waals surface area contributed by atoms with Crippen LogP contribution in [0.5, 0.6) is 11.5 Å². The van der Waals surface area contributed by atoms with Crippen LogP contribution in [0.1, 0.15) is 34.3 Å². The Morgan fingerprint density at radius 3 is 2.52 bits per heavy atom. The van der Waals surface area contributed by atoms with Crippen molar-refractivity contribution < 1.29 is 9.53 Å². The number of amides is 1. The zero-order valence-corrected chi connectivity index (χ0v) is 11.8. The standard InChI is InChI=1S/C17H18N2O2/c18-15-8-6-13(17(19)20)10-16(15)21-14-7-5-11-3-1-2-4-12(11)9-14/h5-10H,1-4,18H2,(H2,19,20). The molecule has 0 spiro atoms. The number of carbonyl (C=O) groups is 1. The second kappa shape index (κ2) is 5.48. The van der Waals surface area contributed by atoms with Gasteiger partial charge in [-0.3, -0.25) is 4.79 Å². The number of rotatable bonds is 3. The summed E-state index contributed by atoms with van der Waals surface area (Å²) in [5.74, 6) is 0.705. The first kappa shape index (κ1) is 13.5. The molecule has 0 atom stereocenters. The lowest BCUT2D eigenvalue weighted by atomic mass is 9.92. The monoisotopic (exact) mass is 282 g/mol. The van der Waals surface area contributed by atoms with E-state index in [1.165, 1.54) is 24.0 Å². The van der Waals surface area contributed by atoms with E-state index in [4.69, 9.17) is 16.2 Å². The SMILES string of the molecule is NC(=O)c1ccc(N)c(Oc2ccc3c(c2)CCCC3)c1. The van der Waals surface area contributed by atoms with Crippen molar-refractivity contribution in [2.75, 3.05) is 5.73 Å². The Kier molecular flexibility index (Phi) is 3.52. The summed E-state index contributed by atoms with van der Waals surface area (Å²) in [6.07, 6.45) is 4.69. The van der Waals surface area contributed by atoms with E-state index in [2.05, 4.69) is 12.1 Å². The van der Waals surface area contributed by atoms with Crippen LogP contribution in [0.25, 0.3) is 0 Å². The van der Waals surface area contributed by atoms with E-state index in [0.717, 1.165) is 18.6 Å². The molecule has 21 heavy (non-hydrogen) atoms. The van der Waals surface area contributed by atoms with Crippen molar-refractivity contribution >= 4 is 11.6 Å². The van der Waals surface area contributed by atoms with E-state index in [9.17, 15) is 4.79 Å². The van der Waals surface area contributed by atoms with Gasteiger partial charge in [0.15, 0.2) is 5.75 Å². The van der Waals surface area contributed by atoms with Crippen LogP contribution in [0.3, 0.4) is 0 Å². The molecule has 0 saturated carbocycles. The lowest BCUT2D eigenvalue weighted by Gasteiger charge is -2.17. The van der Waals surface area contributed by atoms with Crippen molar-refractivity contribution in [3.63, 3.8) is 0 Å². The molecule has 0 saturated heterocycles. The minimum Gasteiger partial charge on any atom is -0.455 e. The molecule has 0 unspecified atom stereocenters. The van der Waals surface area contributed by atoms with Gasteiger partial charge in [-0.05, 0) is 67.1 Å². The lowest BCUT2D eigenvalue weighted by molar-refractivity contribution is 0.1000. The van der Waals surface area contributed by atoms with Gasteiger partial charge in [0.1, 0.15) is 5.75 Å². The first-order valence-corrected chi connectivity index (χ1v) is 7.12. The Morgan fingerprint density at radius 1 is 1.00 bits per heavy atom. The second-order valence-corrected chi connectivity index (χ2v) is 5.36. The van der Waals surface area contributed by atoms with E-state index in [-0.39, 0.29) is 0 Å². The number of carbonyl (C=O) groups excluding carboxylic acids is 1. The van der Waals surface area contributed by atoms with Gasteiger partial charge in [-0.15, -0.1) is 0 Å². The summed E-state index contributed by atoms with van der Waals surface area (Å²) in [4.78, 5) is 11.2. The Balaban J connectivity index is 1.89. The van der Waals surface area contributed by atoms with Crippen LogP contribution in [0.15, 0.2) is 36.4 Å². The van der Waals surface area contributed by atoms with Crippen molar-refractivity contribution in [2.24, 2.45) is 5.73 Å². The molecule has 4 N–H and O–H groups in total. The Morgan fingerprint density at radius 2 is 1.76 bits per heavy atom. The third-order valence-electron chi connectivity index (χ3n) is 3.85. The molecule has 0 heterocycles. The number of anilines is 1. The van der Waals surface area contributed by atoms with Gasteiger partial charge >= 0.3 is 0 Å². The third-order valence-corrected chi connectivity index (χ3v) is 3.85. The molecule has 0 aromatic heterocycles. The molecule has 1 aliphatic rings. The van der Waals surface area contributed by atoms with Gasteiger partial charge in [0.25, 0.3) is 0 Å². The summed E-state index contributed by atoms with van der Waals surface area (Å²) in [6, 6.07) is 10.9. The molecule has 2 aromatic rings. The van der Waals surface area contributed by atoms with E-state index in [0.29, 0.717) is 17.0 Å². The van der Waals surface area contributed by atoms with Crippen molar-refractivity contribution in [1.82, 2.24) is 0 Å². The summed E-state index contributed by atoms with van der Waals surface area (Å²) in [7, 11) is 0. The highest BCUT2D eigenvalue weighted by atomic mass is 16.5. The maximum atomic E-state index is 11.2. The molecule has 108 valence electrons. The van der Waals surface area contributed by atoms with Crippen LogP contribution in [0.4, 0.5) is 5.69 Å². The van der Waals surface area contributed by atoms with Gasteiger partial charge in [-0.1, -0.05) is 6.07 Å². The van der Waals surface area contributed by atoms with Crippen LogP contribution in [0, 0.1) is 0 Å². The molecule has 4 heteroatoms. The number of hydrogen-bond acceptors (Lipinski definition) is 3. The van der Waals surface area contributed by atoms with E-state index >= 15 is 0 Å². The molecule has 1 aliphatic carbocycles. The molecule has 1 amide bonds. The normalized spacial score (nSPS) is 13.5. The van der Waals surface area contributed by atoms with Crippen LogP contribution in [-0.4, -0.2) is 5.91 Å². The summed E-state index contributed by atoms with van der Waals surface area (Å²) >= 11 is 0. The highest BCUT2D eigenvalue weighted by molar-refractivity contribution is 5.93. The van der Waals surface area contributed by atoms with Gasteiger partial charge < -0.3 is 16.2 Å². The fraction of sp³-hybridized carbons (Fsp3) is 0.235. The molecular formula is C17H18N2O2. The Bertz CT molecular complexity index is 695. The Labute approximate surface area is 123 Å². The number of ether oxygens (including phenoxy) is 1. The minimum absolute atomic E-state index is 0.386. The zero-order chi connectivity index (χ0) is 14.8. The predicted octanol–water partition coefficient (Wildman–Crippen LogP) is 3.04. The van der Waals surface area contributed by atoms with Crippen LogP contribution in [-0.2, 0) is 12.8 Å². The highest BCUT2D eigenvalue weighted by Crippen LogP contribution is 2.31. The van der Waals surface area contributed by atoms with Gasteiger partial charge in [0.05, 0.1) is 5.69 Å². The van der Waals surface area contributed by atoms with Gasteiger partial charge in [0.2, 0.25) is 5.91 Å². The third kappa shape index (κ3) is 2.84. The topological polar surface area (TPSA) is 78.3 Å². The zero-order valence-electron chi connectivity index (χ0n) is 11.8. The van der Waals surface area contributed by atoms with Gasteiger partial charge in [-0.2, -0.15) is 0 Å². The summed E-state index contributed by atoms with van der Waals surface area (Å²) in [6.45, 7) is 0. The van der Waals surface area contributed by atoms with Crippen LogP contribution < -0.4 is 16.2 Å². The number of primary amides is 1. The molecule has 2 aromatic carbocycles. The maximum Gasteiger partial charge on any atom is 0.248 e. The predicted molar refractivity (Wildman–Crippen MR) is 82.5 cm³/mol. The molecule has 4 nitrogen and oxygen atoms in total. The Hall–Kier alpha value is -2.49. The second-order valence-electron chi connectivity index (χ2n) is 5.36. The van der Waals surface area contributed by atoms with Crippen molar-refractivity contribution in [1.29, 1.82) is 0 Å². The minimum atomic E-state index is -0.495. The van der Waals surface area contributed by atoms with E-state index in [1.54, 1.807) is 18.2 Å². The average molecular weight is 282 g/mol. The summed E-state index contributed by atoms with van der Waals surface area (Å²) in [5.41, 5.74) is 14.8. The smallest absolute Gasteiger partial charge is 0.248 e. The largest absolute Gasteiger partial charge is 0.455 e. The number of nitrogen functional groups attached to an aromatic ring is 1. The molecule has 3 rings (SSSR count). The summed E-state index contributed by atoms with van der Waals surface area (Å²) in [5, 5.41) is 0. The van der Waals surface area contributed by atoms with E-state index < -0.39 is 5.91 Å². The van der Waals surface area contributed by atoms with E-state index in [1.807, 2.05) is 6.07 Å². The number of fused-ring (bicyclic) bond motifs is 1. The lowest BCUT2D eigenvalue weighted by Crippen LogP contribution is -2.11. The first-order valence-electron chi connectivity index (χ1n) is 7.12. The van der Waals surface area contributed by atoms with Crippen LogP contribution >= 0.6 is 0 Å². The van der Waals surface area contributed by atoms with Crippen molar-refractivity contribution in [2.45, 2.75) is 25.7 Å². The quantitative estimate of drug-likeness (QED) is 0.849. The molecule has 0 bridgehead atoms. The number of aryl methyl sites for hydroxylation is 2. The number of nitrogens with two attached hydrogens (primary N) is 2. The fourth-order valence-corrected chi connectivity index (χ4v) is 2.68. The number of hydrogen-bond donors (Lipinski definition) is 2. The molecule has 0 fully saturated rings. The fourth-order valence-electron chi connectivity index (χ4n) is 2.68. The maximum absolute atomic E-state index is 11.2.